The molecule has 0 amide bonds. The third-order valence-corrected chi connectivity index (χ3v) is 4.86. The first-order valence-electron chi connectivity index (χ1n) is 6.83. The van der Waals surface area contributed by atoms with E-state index in [0.29, 0.717) is 0 Å². The maximum atomic E-state index is 14.0. The number of nitriles is 1. The minimum atomic E-state index is -3.68. The number of halogens is 2. The van der Waals surface area contributed by atoms with E-state index in [4.69, 9.17) is 16.9 Å². The first-order valence-corrected chi connectivity index (χ1v) is 9.10. The van der Waals surface area contributed by atoms with Crippen LogP contribution in [0, 0.1) is 17.1 Å². The number of sulfone groups is 1. The quantitative estimate of drug-likeness (QED) is 0.739. The highest BCUT2D eigenvalue weighted by Gasteiger charge is 2.18. The highest BCUT2D eigenvalue weighted by Crippen LogP contribution is 2.28. The number of H-pyrrole nitrogens is 1. The van der Waals surface area contributed by atoms with E-state index in [0.717, 1.165) is 24.6 Å². The van der Waals surface area contributed by atoms with Gasteiger partial charge in [-0.2, -0.15) is 5.26 Å². The van der Waals surface area contributed by atoms with Gasteiger partial charge in [0.15, 0.2) is 15.3 Å². The van der Waals surface area contributed by atoms with E-state index < -0.39 is 21.1 Å². The zero-order valence-corrected chi connectivity index (χ0v) is 14.2. The fourth-order valence-corrected chi connectivity index (χ4v) is 3.48. The van der Waals surface area contributed by atoms with E-state index in [-0.39, 0.29) is 37.8 Å². The molecule has 3 rings (SSSR count). The highest BCUT2D eigenvalue weighted by atomic mass is 35.5. The summed E-state index contributed by atoms with van der Waals surface area (Å²) in [5.74, 6) is -0.786. The van der Waals surface area contributed by atoms with Gasteiger partial charge in [0.1, 0.15) is 17.6 Å². The maximum Gasteiger partial charge on any atom is 0.192 e. The van der Waals surface area contributed by atoms with Crippen molar-refractivity contribution in [1.29, 1.82) is 5.26 Å². The van der Waals surface area contributed by atoms with Crippen LogP contribution in [0.15, 0.2) is 40.2 Å². The number of nitrogens with zero attached hydrogens (tertiary/aromatic N) is 2. The van der Waals surface area contributed by atoms with Gasteiger partial charge in [-0.25, -0.2) is 17.8 Å². The Bertz CT molecular complexity index is 1230. The number of nitrogens with one attached hydrogen (secondary N) is 1. The Morgan fingerprint density at radius 1 is 1.28 bits per heavy atom. The van der Waals surface area contributed by atoms with Gasteiger partial charge >= 0.3 is 0 Å². The van der Waals surface area contributed by atoms with Crippen LogP contribution in [0.4, 0.5) is 4.39 Å². The van der Waals surface area contributed by atoms with Gasteiger partial charge in [0.25, 0.3) is 0 Å². The van der Waals surface area contributed by atoms with Crippen LogP contribution < -0.4 is 5.43 Å². The number of fused-ring (bicyclic) bond motifs is 1. The Kier molecular flexibility index (Phi) is 4.06. The monoisotopic (exact) mass is 377 g/mol. The highest BCUT2D eigenvalue weighted by molar-refractivity contribution is 7.90. The van der Waals surface area contributed by atoms with Crippen molar-refractivity contribution >= 4 is 32.3 Å². The molecule has 0 aliphatic carbocycles. The van der Waals surface area contributed by atoms with E-state index in [1.165, 1.54) is 12.1 Å². The molecular weight excluding hydrogens is 369 g/mol. The Hall–Kier alpha value is -2.76. The van der Waals surface area contributed by atoms with Gasteiger partial charge in [-0.05, 0) is 18.2 Å². The van der Waals surface area contributed by atoms with Crippen molar-refractivity contribution in [3.05, 3.63) is 57.2 Å². The minimum absolute atomic E-state index is 0.0272. The lowest BCUT2D eigenvalue weighted by molar-refractivity contribution is 0.601. The molecule has 0 aliphatic rings. The van der Waals surface area contributed by atoms with Crippen LogP contribution in [0.5, 0.6) is 0 Å². The first-order chi connectivity index (χ1) is 11.7. The summed E-state index contributed by atoms with van der Waals surface area (Å²) in [6, 6.07) is 6.50. The van der Waals surface area contributed by atoms with Crippen LogP contribution in [-0.4, -0.2) is 24.6 Å². The van der Waals surface area contributed by atoms with E-state index in [2.05, 4.69) is 9.97 Å². The van der Waals surface area contributed by atoms with Gasteiger partial charge in [0, 0.05) is 29.1 Å². The molecule has 3 aromatic rings. The molecule has 0 saturated heterocycles. The van der Waals surface area contributed by atoms with Gasteiger partial charge < -0.3 is 4.98 Å². The molecule has 0 aliphatic heterocycles. The third kappa shape index (κ3) is 3.12. The molecule has 0 bridgehead atoms. The van der Waals surface area contributed by atoms with Gasteiger partial charge in [-0.1, -0.05) is 11.6 Å². The van der Waals surface area contributed by atoms with Crippen LogP contribution in [0.1, 0.15) is 5.69 Å². The predicted molar refractivity (Wildman–Crippen MR) is 90.6 cm³/mol. The Labute approximate surface area is 146 Å². The number of rotatable bonds is 2. The number of hydrogen-bond donors (Lipinski definition) is 1. The molecule has 0 fully saturated rings. The van der Waals surface area contributed by atoms with Crippen LogP contribution >= 0.6 is 11.6 Å². The smallest absolute Gasteiger partial charge is 0.192 e. The molecule has 0 atom stereocenters. The van der Waals surface area contributed by atoms with Gasteiger partial charge in [-0.15, -0.1) is 0 Å². The van der Waals surface area contributed by atoms with E-state index in [9.17, 15) is 17.6 Å². The molecule has 2 aromatic heterocycles. The number of pyridine rings is 2. The van der Waals surface area contributed by atoms with Crippen LogP contribution in [0.2, 0.25) is 5.02 Å². The Morgan fingerprint density at radius 2 is 2.00 bits per heavy atom. The van der Waals surface area contributed by atoms with Gasteiger partial charge in [0.05, 0.1) is 21.5 Å². The number of benzene rings is 1. The molecule has 6 nitrogen and oxygen atoms in total. The van der Waals surface area contributed by atoms with Gasteiger partial charge in [0.2, 0.25) is 0 Å². The standard InChI is InChI=1S/C16H9ClFN3O3S/c1-25(23,24)15-7-20-9(6-19)4-10(15)12-5-14(22)16-11(18)2-8(17)3-13(16)21-12/h2-5,7H,1H3,(H,21,22). The van der Waals surface area contributed by atoms with Crippen LogP contribution in [-0.2, 0) is 9.84 Å². The summed E-state index contributed by atoms with van der Waals surface area (Å²) in [7, 11) is -3.68. The number of hydrogen-bond acceptors (Lipinski definition) is 5. The Morgan fingerprint density at radius 3 is 2.64 bits per heavy atom. The molecule has 126 valence electrons. The van der Waals surface area contributed by atoms with E-state index in [1.807, 2.05) is 0 Å². The third-order valence-electron chi connectivity index (χ3n) is 3.52. The largest absolute Gasteiger partial charge is 0.354 e. The van der Waals surface area contributed by atoms with Crippen molar-refractivity contribution in [2.75, 3.05) is 6.26 Å². The van der Waals surface area contributed by atoms with E-state index >= 15 is 0 Å². The second kappa shape index (κ2) is 5.95. The predicted octanol–water partition coefficient (Wildman–Crippen LogP) is 2.66. The van der Waals surface area contributed by atoms with Crippen molar-refractivity contribution in [3.63, 3.8) is 0 Å². The molecule has 1 N–H and O–H groups in total. The van der Waals surface area contributed by atoms with Crippen LogP contribution in [0.25, 0.3) is 22.2 Å². The molecule has 0 radical (unpaired) electrons. The molecule has 1 aromatic carbocycles. The second-order valence-corrected chi connectivity index (χ2v) is 7.73. The Balaban J connectivity index is 2.42. The zero-order chi connectivity index (χ0) is 18.4. The van der Waals surface area contributed by atoms with Crippen molar-refractivity contribution in [2.45, 2.75) is 4.90 Å². The van der Waals surface area contributed by atoms with Crippen molar-refractivity contribution in [2.24, 2.45) is 0 Å². The average Bonchev–Trinajstić information content (AvgIpc) is 2.52. The molecule has 0 unspecified atom stereocenters. The summed E-state index contributed by atoms with van der Waals surface area (Å²) in [6.07, 6.45) is 2.03. The zero-order valence-electron chi connectivity index (χ0n) is 12.7. The lowest BCUT2D eigenvalue weighted by Crippen LogP contribution is -2.08. The summed E-state index contributed by atoms with van der Waals surface area (Å²) in [4.78, 5) is 18.7. The summed E-state index contributed by atoms with van der Waals surface area (Å²) < 4.78 is 38.0. The number of aromatic nitrogens is 2. The molecule has 9 heteroatoms. The number of aromatic amines is 1. The van der Waals surface area contributed by atoms with Crippen molar-refractivity contribution in [3.8, 4) is 17.3 Å². The average molecular weight is 378 g/mol. The molecule has 25 heavy (non-hydrogen) atoms. The summed E-state index contributed by atoms with van der Waals surface area (Å²) in [6.45, 7) is 0. The SMILES string of the molecule is CS(=O)(=O)c1cnc(C#N)cc1-c1cc(=O)c2c(F)cc(Cl)cc2[nH]1. The summed E-state index contributed by atoms with van der Waals surface area (Å²) >= 11 is 5.82. The van der Waals surface area contributed by atoms with Crippen molar-refractivity contribution < 1.29 is 12.8 Å². The molecule has 2 heterocycles. The fourth-order valence-electron chi connectivity index (χ4n) is 2.46. The molecule has 0 spiro atoms. The van der Waals surface area contributed by atoms with Crippen LogP contribution in [0.3, 0.4) is 0 Å². The lowest BCUT2D eigenvalue weighted by atomic mass is 10.1. The summed E-state index contributed by atoms with van der Waals surface area (Å²) in [5.41, 5.74) is -0.359. The molecule has 0 saturated carbocycles. The van der Waals surface area contributed by atoms with Gasteiger partial charge in [-0.3, -0.25) is 4.79 Å². The maximum absolute atomic E-state index is 14.0. The van der Waals surface area contributed by atoms with Crippen molar-refractivity contribution in [1.82, 2.24) is 9.97 Å². The fraction of sp³-hybridized carbons (Fsp3) is 0.0625. The normalized spacial score (nSPS) is 11.4. The topological polar surface area (TPSA) is 104 Å². The second-order valence-electron chi connectivity index (χ2n) is 5.31. The summed E-state index contributed by atoms with van der Waals surface area (Å²) in [5, 5.41) is 8.89. The molecular formula is C16H9ClFN3O3S. The van der Waals surface area contributed by atoms with E-state index in [1.54, 1.807) is 6.07 Å². The lowest BCUT2D eigenvalue weighted by Gasteiger charge is -2.10. The first kappa shape index (κ1) is 17.1. The minimum Gasteiger partial charge on any atom is -0.354 e.